The van der Waals surface area contributed by atoms with E-state index in [4.69, 9.17) is 16.3 Å². The average molecular weight is 323 g/mol. The molecule has 0 atom stereocenters. The van der Waals surface area contributed by atoms with Gasteiger partial charge in [0.05, 0.1) is 19.3 Å². The Kier molecular flexibility index (Phi) is 5.39. The number of benzene rings is 2. The van der Waals surface area contributed by atoms with Gasteiger partial charge in [0, 0.05) is 10.6 Å². The van der Waals surface area contributed by atoms with Crippen molar-refractivity contribution in [2.45, 2.75) is 13.3 Å². The first-order valence-corrected chi connectivity index (χ1v) is 7.24. The van der Waals surface area contributed by atoms with Crippen LogP contribution in [0.25, 0.3) is 11.1 Å². The molecule has 0 aliphatic rings. The highest BCUT2D eigenvalue weighted by molar-refractivity contribution is 6.31. The smallest absolute Gasteiger partial charge is 0.337 e. The fourth-order valence-electron chi connectivity index (χ4n) is 2.02. The third-order valence-electron chi connectivity index (χ3n) is 3.04. The molecule has 0 amide bonds. The maximum atomic E-state index is 14.1. The Morgan fingerprint density at radius 1 is 1.23 bits per heavy atom. The lowest BCUT2D eigenvalue weighted by atomic mass is 10.0. The third kappa shape index (κ3) is 3.77. The molecule has 0 aliphatic carbocycles. The molecule has 0 radical (unpaired) electrons. The van der Waals surface area contributed by atoms with Crippen molar-refractivity contribution < 1.29 is 18.7 Å². The first-order chi connectivity index (χ1) is 10.5. The first-order valence-electron chi connectivity index (χ1n) is 6.86. The number of ether oxygens (including phenoxy) is 2. The molecule has 0 spiro atoms. The van der Waals surface area contributed by atoms with E-state index in [0.717, 1.165) is 6.42 Å². The van der Waals surface area contributed by atoms with Crippen molar-refractivity contribution >= 4 is 17.6 Å². The molecule has 0 N–H and O–H groups in total. The number of halogens is 2. The summed E-state index contributed by atoms with van der Waals surface area (Å²) in [6, 6.07) is 9.11. The van der Waals surface area contributed by atoms with Gasteiger partial charge in [-0.15, -0.1) is 0 Å². The average Bonchev–Trinajstić information content (AvgIpc) is 2.52. The van der Waals surface area contributed by atoms with Gasteiger partial charge in [-0.3, -0.25) is 0 Å². The summed E-state index contributed by atoms with van der Waals surface area (Å²) in [4.78, 5) is 11.6. The number of esters is 1. The van der Waals surface area contributed by atoms with Crippen LogP contribution in [-0.4, -0.2) is 19.7 Å². The molecular formula is C17H16ClFO3. The second kappa shape index (κ2) is 7.27. The van der Waals surface area contributed by atoms with Crippen LogP contribution in [0, 0.1) is 5.82 Å². The molecule has 5 heteroatoms. The van der Waals surface area contributed by atoms with E-state index in [-0.39, 0.29) is 5.56 Å². The summed E-state index contributed by atoms with van der Waals surface area (Å²) in [5.41, 5.74) is 1.08. The molecule has 0 heterocycles. The standard InChI is InChI=1S/C17H16ClFO3/c1-3-6-22-14-4-5-16(19)15(10-14)11-7-12(17(20)21-2)9-13(18)8-11/h4-5,7-10H,3,6H2,1-2H3. The number of carbonyl (C=O) groups excluding carboxylic acids is 1. The largest absolute Gasteiger partial charge is 0.494 e. The first kappa shape index (κ1) is 16.3. The maximum absolute atomic E-state index is 14.1. The minimum Gasteiger partial charge on any atom is -0.494 e. The van der Waals surface area contributed by atoms with Crippen LogP contribution < -0.4 is 4.74 Å². The highest BCUT2D eigenvalue weighted by Crippen LogP contribution is 2.30. The molecule has 2 aromatic rings. The summed E-state index contributed by atoms with van der Waals surface area (Å²) in [5.74, 6) is -0.373. The lowest BCUT2D eigenvalue weighted by Crippen LogP contribution is -2.01. The second-order valence-electron chi connectivity index (χ2n) is 4.71. The fourth-order valence-corrected chi connectivity index (χ4v) is 2.25. The van der Waals surface area contributed by atoms with Gasteiger partial charge in [0.1, 0.15) is 11.6 Å². The summed E-state index contributed by atoms with van der Waals surface area (Å²) in [6.45, 7) is 2.54. The van der Waals surface area contributed by atoms with Crippen LogP contribution in [0.1, 0.15) is 23.7 Å². The lowest BCUT2D eigenvalue weighted by molar-refractivity contribution is 0.0601. The van der Waals surface area contributed by atoms with Gasteiger partial charge in [-0.05, 0) is 48.4 Å². The summed E-state index contributed by atoms with van der Waals surface area (Å²) < 4.78 is 24.3. The zero-order valence-corrected chi connectivity index (χ0v) is 13.1. The molecule has 116 valence electrons. The van der Waals surface area contributed by atoms with Crippen molar-refractivity contribution in [1.82, 2.24) is 0 Å². The predicted octanol–water partition coefficient (Wildman–Crippen LogP) is 4.72. The molecule has 3 nitrogen and oxygen atoms in total. The van der Waals surface area contributed by atoms with E-state index in [0.29, 0.717) is 28.5 Å². The zero-order valence-electron chi connectivity index (χ0n) is 12.4. The van der Waals surface area contributed by atoms with E-state index >= 15 is 0 Å². The van der Waals surface area contributed by atoms with Crippen molar-refractivity contribution in [3.8, 4) is 16.9 Å². The van der Waals surface area contributed by atoms with Gasteiger partial charge in [-0.1, -0.05) is 18.5 Å². The van der Waals surface area contributed by atoms with Crippen LogP contribution in [0.2, 0.25) is 5.02 Å². The van der Waals surface area contributed by atoms with Crippen molar-refractivity contribution in [3.63, 3.8) is 0 Å². The Morgan fingerprint density at radius 2 is 2.00 bits per heavy atom. The van der Waals surface area contributed by atoms with E-state index in [1.807, 2.05) is 6.92 Å². The van der Waals surface area contributed by atoms with E-state index in [1.165, 1.54) is 19.2 Å². The normalized spacial score (nSPS) is 10.4. The number of carbonyl (C=O) groups is 1. The number of hydrogen-bond donors (Lipinski definition) is 0. The summed E-state index contributed by atoms with van der Waals surface area (Å²) in [7, 11) is 1.28. The van der Waals surface area contributed by atoms with Crippen molar-refractivity contribution in [3.05, 3.63) is 52.8 Å². The van der Waals surface area contributed by atoms with E-state index in [9.17, 15) is 9.18 Å². The number of rotatable bonds is 5. The zero-order chi connectivity index (χ0) is 16.1. The van der Waals surface area contributed by atoms with Gasteiger partial charge in [0.15, 0.2) is 0 Å². The molecule has 0 fully saturated rings. The van der Waals surface area contributed by atoms with E-state index in [1.54, 1.807) is 24.3 Å². The van der Waals surface area contributed by atoms with Crippen molar-refractivity contribution in [2.24, 2.45) is 0 Å². The minimum atomic E-state index is -0.525. The van der Waals surface area contributed by atoms with Gasteiger partial charge < -0.3 is 9.47 Å². The number of hydrogen-bond acceptors (Lipinski definition) is 3. The molecule has 0 bridgehead atoms. The molecule has 22 heavy (non-hydrogen) atoms. The monoisotopic (exact) mass is 322 g/mol. The molecule has 0 aromatic heterocycles. The van der Waals surface area contributed by atoms with Gasteiger partial charge in [0.25, 0.3) is 0 Å². The Balaban J connectivity index is 2.46. The molecule has 0 saturated carbocycles. The van der Waals surface area contributed by atoms with Gasteiger partial charge in [-0.2, -0.15) is 0 Å². The molecule has 0 saturated heterocycles. The highest BCUT2D eigenvalue weighted by Gasteiger charge is 2.13. The van der Waals surface area contributed by atoms with Crippen LogP contribution in [0.15, 0.2) is 36.4 Å². The van der Waals surface area contributed by atoms with Gasteiger partial charge in [0.2, 0.25) is 0 Å². The second-order valence-corrected chi connectivity index (χ2v) is 5.15. The SMILES string of the molecule is CCCOc1ccc(F)c(-c2cc(Cl)cc(C(=O)OC)c2)c1. The molecule has 0 aliphatic heterocycles. The molecule has 2 aromatic carbocycles. The Labute approximate surface area is 133 Å². The molecular weight excluding hydrogens is 307 g/mol. The van der Waals surface area contributed by atoms with Crippen LogP contribution in [-0.2, 0) is 4.74 Å². The van der Waals surface area contributed by atoms with Gasteiger partial charge in [-0.25, -0.2) is 9.18 Å². The fraction of sp³-hybridized carbons (Fsp3) is 0.235. The Morgan fingerprint density at radius 3 is 2.68 bits per heavy atom. The van der Waals surface area contributed by atoms with Crippen molar-refractivity contribution in [2.75, 3.05) is 13.7 Å². The van der Waals surface area contributed by atoms with Crippen LogP contribution >= 0.6 is 11.6 Å². The third-order valence-corrected chi connectivity index (χ3v) is 3.26. The maximum Gasteiger partial charge on any atom is 0.337 e. The van der Waals surface area contributed by atoms with Gasteiger partial charge >= 0.3 is 5.97 Å². The minimum absolute atomic E-state index is 0.268. The highest BCUT2D eigenvalue weighted by atomic mass is 35.5. The summed E-state index contributed by atoms with van der Waals surface area (Å²) >= 11 is 6.02. The van der Waals surface area contributed by atoms with Crippen molar-refractivity contribution in [1.29, 1.82) is 0 Å². The summed E-state index contributed by atoms with van der Waals surface area (Å²) in [5, 5.41) is 0.331. The lowest BCUT2D eigenvalue weighted by Gasteiger charge is -2.10. The number of methoxy groups -OCH3 is 1. The van der Waals surface area contributed by atoms with Crippen LogP contribution in [0.4, 0.5) is 4.39 Å². The van der Waals surface area contributed by atoms with Crippen LogP contribution in [0.3, 0.4) is 0 Å². The summed E-state index contributed by atoms with van der Waals surface area (Å²) in [6.07, 6.45) is 0.858. The molecule has 0 unspecified atom stereocenters. The topological polar surface area (TPSA) is 35.5 Å². The van der Waals surface area contributed by atoms with E-state index in [2.05, 4.69) is 4.74 Å². The quantitative estimate of drug-likeness (QED) is 0.747. The Hall–Kier alpha value is -2.07. The van der Waals surface area contributed by atoms with Crippen LogP contribution in [0.5, 0.6) is 5.75 Å². The Bertz CT molecular complexity index is 686. The predicted molar refractivity (Wildman–Crippen MR) is 84.0 cm³/mol. The van der Waals surface area contributed by atoms with E-state index < -0.39 is 11.8 Å². The molecule has 2 rings (SSSR count).